The first kappa shape index (κ1) is 19.0. The van der Waals surface area contributed by atoms with Crippen LogP contribution in [0.2, 0.25) is 0 Å². The number of phenols is 1. The Morgan fingerprint density at radius 1 is 0.955 bits per heavy atom. The van der Waals surface area contributed by atoms with Gasteiger partial charge in [0.25, 0.3) is 20.2 Å². The maximum atomic E-state index is 11.1. The molecule has 2 aromatic carbocycles. The smallest absolute Gasteiger partial charge is 0.504 e. The molecule has 112 valence electrons. The van der Waals surface area contributed by atoms with E-state index in [4.69, 9.17) is 9.11 Å². The van der Waals surface area contributed by atoms with Crippen molar-refractivity contribution in [2.45, 2.75) is 9.79 Å². The Morgan fingerprint density at radius 3 is 2.00 bits per heavy atom. The summed E-state index contributed by atoms with van der Waals surface area (Å²) in [6, 6.07) is 3.62. The van der Waals surface area contributed by atoms with Crippen molar-refractivity contribution in [1.82, 2.24) is 0 Å². The molecule has 0 aromatic heterocycles. The molecule has 0 atom stereocenters. The second-order valence-electron chi connectivity index (χ2n) is 4.00. The van der Waals surface area contributed by atoms with Crippen molar-refractivity contribution in [3.8, 4) is 5.75 Å². The number of nitrogens with zero attached hydrogens (tertiary/aromatic N) is 1. The monoisotopic (exact) mass is 356 g/mol. The molecule has 0 aliphatic rings. The zero-order valence-corrected chi connectivity index (χ0v) is 14.6. The summed E-state index contributed by atoms with van der Waals surface area (Å²) in [5, 5.41) is 11.9. The second kappa shape index (κ2) is 6.20. The number of hydrogen-bond acceptors (Lipinski definition) is 7. The third kappa shape index (κ3) is 3.46. The van der Waals surface area contributed by atoms with E-state index in [1.165, 1.54) is 0 Å². The van der Waals surface area contributed by atoms with Gasteiger partial charge in [-0.1, -0.05) is 6.07 Å². The van der Waals surface area contributed by atoms with Crippen LogP contribution in [0, 0.1) is 4.91 Å². The van der Waals surface area contributed by atoms with Crippen LogP contribution in [0.4, 0.5) is 5.69 Å². The predicted molar refractivity (Wildman–Crippen MR) is 70.7 cm³/mol. The minimum absolute atomic E-state index is 0. The van der Waals surface area contributed by atoms with Gasteiger partial charge in [-0.2, -0.15) is 16.8 Å². The molecule has 0 bridgehead atoms. The van der Waals surface area contributed by atoms with E-state index in [1.807, 2.05) is 0 Å². The van der Waals surface area contributed by atoms with Gasteiger partial charge in [-0.05, 0) is 28.8 Å². The summed E-state index contributed by atoms with van der Waals surface area (Å²) in [5.74, 6) is -1.06. The van der Waals surface area contributed by atoms with Gasteiger partial charge in [0.15, 0.2) is 11.4 Å². The van der Waals surface area contributed by atoms with Gasteiger partial charge in [-0.25, -0.2) is 0 Å². The molecule has 0 spiro atoms. The van der Waals surface area contributed by atoms with E-state index in [-0.39, 0.29) is 40.3 Å². The van der Waals surface area contributed by atoms with Gasteiger partial charge in [0.1, 0.15) is 4.90 Å². The van der Waals surface area contributed by atoms with Gasteiger partial charge >= 0.3 is 29.6 Å². The van der Waals surface area contributed by atoms with Crippen molar-refractivity contribution in [3.05, 3.63) is 29.2 Å². The van der Waals surface area contributed by atoms with E-state index >= 15 is 0 Å². The average molecular weight is 356 g/mol. The Labute approximate surface area is 146 Å². The SMILES string of the molecule is O=Nc1c(O)c(S(=O)(=O)O)cc2cc(S(=O)(=O)O)ccc12.[Na+]. The third-order valence-electron chi connectivity index (χ3n) is 2.69. The molecule has 9 nitrogen and oxygen atoms in total. The summed E-state index contributed by atoms with van der Waals surface area (Å²) < 4.78 is 62.2. The summed E-state index contributed by atoms with van der Waals surface area (Å²) in [6.07, 6.45) is 0. The van der Waals surface area contributed by atoms with E-state index in [2.05, 4.69) is 5.18 Å². The van der Waals surface area contributed by atoms with Gasteiger partial charge in [0.05, 0.1) is 4.90 Å². The van der Waals surface area contributed by atoms with Crippen molar-refractivity contribution < 1.29 is 60.6 Å². The molecule has 2 aromatic rings. The molecule has 0 aliphatic carbocycles. The predicted octanol–water partition coefficient (Wildman–Crippen LogP) is -1.56. The van der Waals surface area contributed by atoms with Crippen LogP contribution in [0.3, 0.4) is 0 Å². The number of rotatable bonds is 3. The summed E-state index contributed by atoms with van der Waals surface area (Å²) in [5.41, 5.74) is -0.679. The zero-order valence-electron chi connectivity index (χ0n) is 11.0. The van der Waals surface area contributed by atoms with Gasteiger partial charge < -0.3 is 5.11 Å². The van der Waals surface area contributed by atoms with Crippen molar-refractivity contribution in [1.29, 1.82) is 0 Å². The normalized spacial score (nSPS) is 11.9. The molecule has 22 heavy (non-hydrogen) atoms. The quantitative estimate of drug-likeness (QED) is 0.338. The van der Waals surface area contributed by atoms with Crippen molar-refractivity contribution in [3.63, 3.8) is 0 Å². The van der Waals surface area contributed by atoms with Gasteiger partial charge in [0, 0.05) is 5.39 Å². The topological polar surface area (TPSA) is 158 Å². The maximum Gasteiger partial charge on any atom is 1.00 e. The summed E-state index contributed by atoms with van der Waals surface area (Å²) in [4.78, 5) is 9.19. The number of nitroso groups, excluding NO2 is 1. The van der Waals surface area contributed by atoms with E-state index in [1.54, 1.807) is 0 Å². The molecular formula is C10H7NNaO8S2+. The van der Waals surface area contributed by atoms with Crippen molar-refractivity contribution >= 4 is 36.7 Å². The molecule has 12 heteroatoms. The minimum atomic E-state index is -4.87. The van der Waals surface area contributed by atoms with Crippen molar-refractivity contribution in [2.75, 3.05) is 0 Å². The largest absolute Gasteiger partial charge is 1.00 e. The fraction of sp³-hybridized carbons (Fsp3) is 0. The Kier molecular flexibility index (Phi) is 5.34. The van der Waals surface area contributed by atoms with E-state index in [9.17, 15) is 26.8 Å². The van der Waals surface area contributed by atoms with Crippen LogP contribution in [0.25, 0.3) is 10.8 Å². The fourth-order valence-electron chi connectivity index (χ4n) is 1.78. The van der Waals surface area contributed by atoms with Crippen LogP contribution in [-0.2, 0) is 20.2 Å². The van der Waals surface area contributed by atoms with E-state index in [0.717, 1.165) is 24.3 Å². The number of aromatic hydroxyl groups is 1. The number of benzene rings is 2. The maximum absolute atomic E-state index is 11.1. The molecule has 0 heterocycles. The number of fused-ring (bicyclic) bond motifs is 1. The zero-order chi connectivity index (χ0) is 16.0. The summed E-state index contributed by atoms with van der Waals surface area (Å²) in [6.45, 7) is 0. The van der Waals surface area contributed by atoms with Gasteiger partial charge in [-0.3, -0.25) is 9.11 Å². The molecular weight excluding hydrogens is 349 g/mol. The second-order valence-corrected chi connectivity index (χ2v) is 6.81. The molecule has 3 N–H and O–H groups in total. The first-order valence-electron chi connectivity index (χ1n) is 5.14. The molecule has 0 saturated heterocycles. The van der Waals surface area contributed by atoms with Gasteiger partial charge in [0.2, 0.25) is 0 Å². The first-order chi connectivity index (χ1) is 9.55. The Balaban J connectivity index is 0.00000242. The Morgan fingerprint density at radius 2 is 1.55 bits per heavy atom. The Hall–Kier alpha value is -1.08. The number of hydrogen-bond donors (Lipinski definition) is 3. The van der Waals surface area contributed by atoms with Crippen LogP contribution in [0.1, 0.15) is 0 Å². The minimum Gasteiger partial charge on any atom is -0.504 e. The summed E-state index contributed by atoms with van der Waals surface area (Å²) in [7, 11) is -9.42. The average Bonchev–Trinajstić information content (AvgIpc) is 2.35. The molecule has 0 aliphatic heterocycles. The molecule has 0 fully saturated rings. The van der Waals surface area contributed by atoms with Crippen LogP contribution in [0.5, 0.6) is 5.75 Å². The van der Waals surface area contributed by atoms with Crippen LogP contribution < -0.4 is 29.6 Å². The third-order valence-corrected chi connectivity index (χ3v) is 4.41. The van der Waals surface area contributed by atoms with E-state index in [0.29, 0.717) is 0 Å². The molecule has 0 radical (unpaired) electrons. The fourth-order valence-corrected chi connectivity index (χ4v) is 2.91. The summed E-state index contributed by atoms with van der Waals surface area (Å²) >= 11 is 0. The van der Waals surface area contributed by atoms with Crippen LogP contribution >= 0.6 is 0 Å². The molecule has 0 unspecified atom stereocenters. The van der Waals surface area contributed by atoms with Crippen LogP contribution in [-0.4, -0.2) is 31.0 Å². The molecule has 0 amide bonds. The van der Waals surface area contributed by atoms with Crippen molar-refractivity contribution in [2.24, 2.45) is 5.18 Å². The van der Waals surface area contributed by atoms with Gasteiger partial charge in [-0.15, -0.1) is 4.91 Å². The standard InChI is InChI=1S/C10H7NO8S2.Na/c12-10-8(21(17,18)19)4-5-3-6(20(14,15)16)1-2-7(5)9(10)11-13;/h1-4,12H,(H,14,15,16)(H,17,18,19);/q;+1. The van der Waals surface area contributed by atoms with E-state index < -0.39 is 41.5 Å². The number of phenolic OH excluding ortho intramolecular Hbond substituents is 1. The molecule has 0 saturated carbocycles. The molecule has 2 rings (SSSR count). The Bertz CT molecular complexity index is 968. The van der Waals surface area contributed by atoms with Crippen LogP contribution in [0.15, 0.2) is 39.2 Å². The first-order valence-corrected chi connectivity index (χ1v) is 8.02.